The molecule has 23 heavy (non-hydrogen) atoms. The standard InChI is InChI=1S/C16H23FN2O3S/c1-12(2)19(14-6-4-13(17)5-7-14)10-16(20)18(3)15-8-9-23(21,22)11-15/h4-7,12,15H,8-11H2,1-3H3/t15-/m0/s1. The monoisotopic (exact) mass is 342 g/mol. The minimum Gasteiger partial charge on any atom is -0.360 e. The Kier molecular flexibility index (Phi) is 5.29. The summed E-state index contributed by atoms with van der Waals surface area (Å²) in [5, 5.41) is 0. The molecule has 0 unspecified atom stereocenters. The Balaban J connectivity index is 2.07. The number of hydrogen-bond acceptors (Lipinski definition) is 4. The Bertz CT molecular complexity index is 658. The molecule has 1 fully saturated rings. The molecule has 1 aromatic rings. The van der Waals surface area contributed by atoms with E-state index in [1.165, 1.54) is 17.0 Å². The van der Waals surface area contributed by atoms with Crippen molar-refractivity contribution in [2.75, 3.05) is 30.0 Å². The van der Waals surface area contributed by atoms with Gasteiger partial charge in [-0.3, -0.25) is 4.79 Å². The minimum atomic E-state index is -3.02. The van der Waals surface area contributed by atoms with Crippen molar-refractivity contribution in [3.63, 3.8) is 0 Å². The summed E-state index contributed by atoms with van der Waals surface area (Å²) in [4.78, 5) is 15.9. The van der Waals surface area contributed by atoms with Gasteiger partial charge in [0.2, 0.25) is 5.91 Å². The van der Waals surface area contributed by atoms with Crippen LogP contribution in [0.1, 0.15) is 20.3 Å². The van der Waals surface area contributed by atoms with Crippen LogP contribution in [0.4, 0.5) is 10.1 Å². The molecule has 1 aliphatic rings. The Labute approximate surface area is 137 Å². The van der Waals surface area contributed by atoms with Crippen molar-refractivity contribution in [1.82, 2.24) is 4.90 Å². The fraction of sp³-hybridized carbons (Fsp3) is 0.562. The van der Waals surface area contributed by atoms with Crippen molar-refractivity contribution in [2.45, 2.75) is 32.4 Å². The summed E-state index contributed by atoms with van der Waals surface area (Å²) in [7, 11) is -1.38. The number of carbonyl (C=O) groups is 1. The van der Waals surface area contributed by atoms with E-state index in [0.29, 0.717) is 6.42 Å². The summed E-state index contributed by atoms with van der Waals surface area (Å²) >= 11 is 0. The number of benzene rings is 1. The van der Waals surface area contributed by atoms with Crippen molar-refractivity contribution in [3.8, 4) is 0 Å². The van der Waals surface area contributed by atoms with Crippen molar-refractivity contribution in [2.24, 2.45) is 0 Å². The van der Waals surface area contributed by atoms with Gasteiger partial charge < -0.3 is 9.80 Å². The first-order valence-corrected chi connectivity index (χ1v) is 9.50. The first-order valence-electron chi connectivity index (χ1n) is 7.68. The van der Waals surface area contributed by atoms with Crippen molar-refractivity contribution >= 4 is 21.4 Å². The van der Waals surface area contributed by atoms with E-state index in [2.05, 4.69) is 0 Å². The van der Waals surface area contributed by atoms with Gasteiger partial charge in [-0.05, 0) is 44.5 Å². The van der Waals surface area contributed by atoms with E-state index < -0.39 is 9.84 Å². The van der Waals surface area contributed by atoms with Gasteiger partial charge in [0, 0.05) is 24.8 Å². The van der Waals surface area contributed by atoms with E-state index in [1.54, 1.807) is 19.2 Å². The molecule has 5 nitrogen and oxygen atoms in total. The molecule has 1 heterocycles. The maximum absolute atomic E-state index is 13.1. The summed E-state index contributed by atoms with van der Waals surface area (Å²) in [6.07, 6.45) is 0.489. The number of amides is 1. The highest BCUT2D eigenvalue weighted by Gasteiger charge is 2.33. The number of sulfone groups is 1. The first-order chi connectivity index (χ1) is 10.7. The molecular formula is C16H23FN2O3S. The molecule has 0 N–H and O–H groups in total. The van der Waals surface area contributed by atoms with Crippen LogP contribution in [0.5, 0.6) is 0 Å². The lowest BCUT2D eigenvalue weighted by atomic mass is 10.2. The van der Waals surface area contributed by atoms with E-state index in [-0.39, 0.29) is 41.9 Å². The predicted molar refractivity (Wildman–Crippen MR) is 88.7 cm³/mol. The second-order valence-corrected chi connectivity index (χ2v) is 8.49. The van der Waals surface area contributed by atoms with Gasteiger partial charge in [0.1, 0.15) is 5.82 Å². The largest absolute Gasteiger partial charge is 0.360 e. The van der Waals surface area contributed by atoms with Gasteiger partial charge in [-0.1, -0.05) is 0 Å². The quantitative estimate of drug-likeness (QED) is 0.817. The van der Waals surface area contributed by atoms with Crippen LogP contribution in [0.3, 0.4) is 0 Å². The number of likely N-dealkylation sites (N-methyl/N-ethyl adjacent to an activating group) is 1. The van der Waals surface area contributed by atoms with Gasteiger partial charge in [-0.15, -0.1) is 0 Å². The summed E-state index contributed by atoms with van der Waals surface area (Å²) in [6.45, 7) is 4.05. The van der Waals surface area contributed by atoms with Crippen LogP contribution >= 0.6 is 0 Å². The molecule has 1 aromatic carbocycles. The van der Waals surface area contributed by atoms with Crippen LogP contribution in [0.25, 0.3) is 0 Å². The molecule has 0 radical (unpaired) electrons. The molecular weight excluding hydrogens is 319 g/mol. The number of carbonyl (C=O) groups excluding carboxylic acids is 1. The molecule has 2 rings (SSSR count). The van der Waals surface area contributed by atoms with Crippen LogP contribution in [-0.4, -0.2) is 56.4 Å². The SMILES string of the molecule is CC(C)N(CC(=O)N(C)[C@H]1CCS(=O)(=O)C1)c1ccc(F)cc1. The molecule has 0 bridgehead atoms. The van der Waals surface area contributed by atoms with Gasteiger partial charge >= 0.3 is 0 Å². The summed E-state index contributed by atoms with van der Waals surface area (Å²) in [5.41, 5.74) is 0.766. The highest BCUT2D eigenvalue weighted by Crippen LogP contribution is 2.20. The molecule has 128 valence electrons. The van der Waals surface area contributed by atoms with E-state index >= 15 is 0 Å². The maximum Gasteiger partial charge on any atom is 0.242 e. The summed E-state index contributed by atoms with van der Waals surface area (Å²) in [6, 6.07) is 5.82. The molecule has 1 aliphatic heterocycles. The van der Waals surface area contributed by atoms with Crippen LogP contribution in [0.2, 0.25) is 0 Å². The highest BCUT2D eigenvalue weighted by atomic mass is 32.2. The normalized spacial score (nSPS) is 19.8. The Hall–Kier alpha value is -1.63. The Morgan fingerprint density at radius 3 is 2.39 bits per heavy atom. The van der Waals surface area contributed by atoms with Crippen LogP contribution in [0.15, 0.2) is 24.3 Å². The molecule has 1 saturated heterocycles. The van der Waals surface area contributed by atoms with E-state index in [4.69, 9.17) is 0 Å². The lowest BCUT2D eigenvalue weighted by Crippen LogP contribution is -2.45. The predicted octanol–water partition coefficient (Wildman–Crippen LogP) is 1.69. The van der Waals surface area contributed by atoms with Crippen LogP contribution in [-0.2, 0) is 14.6 Å². The Morgan fingerprint density at radius 2 is 1.91 bits per heavy atom. The Morgan fingerprint density at radius 1 is 1.30 bits per heavy atom. The fourth-order valence-corrected chi connectivity index (χ4v) is 4.52. The number of nitrogens with zero attached hydrogens (tertiary/aromatic N) is 2. The zero-order chi connectivity index (χ0) is 17.2. The molecule has 0 aromatic heterocycles. The average Bonchev–Trinajstić information content (AvgIpc) is 2.84. The number of rotatable bonds is 5. The van der Waals surface area contributed by atoms with E-state index in [0.717, 1.165) is 5.69 Å². The third-order valence-electron chi connectivity index (χ3n) is 4.24. The first kappa shape index (κ1) is 17.7. The van der Waals surface area contributed by atoms with Gasteiger partial charge in [0.25, 0.3) is 0 Å². The van der Waals surface area contributed by atoms with E-state index in [1.807, 2.05) is 18.7 Å². The molecule has 7 heteroatoms. The van der Waals surface area contributed by atoms with Crippen LogP contribution in [0, 0.1) is 5.82 Å². The number of anilines is 1. The topological polar surface area (TPSA) is 57.7 Å². The number of halogens is 1. The molecule has 0 saturated carbocycles. The lowest BCUT2D eigenvalue weighted by molar-refractivity contribution is -0.130. The lowest BCUT2D eigenvalue weighted by Gasteiger charge is -2.32. The fourth-order valence-electron chi connectivity index (χ4n) is 2.75. The second-order valence-electron chi connectivity index (χ2n) is 6.26. The molecule has 0 aliphatic carbocycles. The highest BCUT2D eigenvalue weighted by molar-refractivity contribution is 7.91. The maximum atomic E-state index is 13.1. The van der Waals surface area contributed by atoms with Crippen molar-refractivity contribution in [1.29, 1.82) is 0 Å². The summed E-state index contributed by atoms with van der Waals surface area (Å²) < 4.78 is 36.2. The molecule has 1 atom stereocenters. The second kappa shape index (κ2) is 6.86. The van der Waals surface area contributed by atoms with Gasteiger partial charge in [0.05, 0.1) is 18.1 Å². The smallest absolute Gasteiger partial charge is 0.242 e. The van der Waals surface area contributed by atoms with Gasteiger partial charge in [-0.25, -0.2) is 12.8 Å². The third kappa shape index (κ3) is 4.43. The van der Waals surface area contributed by atoms with E-state index in [9.17, 15) is 17.6 Å². The van der Waals surface area contributed by atoms with Crippen molar-refractivity contribution in [3.05, 3.63) is 30.1 Å². The third-order valence-corrected chi connectivity index (χ3v) is 5.99. The summed E-state index contributed by atoms with van der Waals surface area (Å²) in [5.74, 6) is -0.281. The molecule has 1 amide bonds. The number of hydrogen-bond donors (Lipinski definition) is 0. The minimum absolute atomic E-state index is 0.0352. The van der Waals surface area contributed by atoms with Crippen LogP contribution < -0.4 is 4.90 Å². The van der Waals surface area contributed by atoms with Gasteiger partial charge in [0.15, 0.2) is 9.84 Å². The molecule has 0 spiro atoms. The van der Waals surface area contributed by atoms with Gasteiger partial charge in [-0.2, -0.15) is 0 Å². The zero-order valence-corrected chi connectivity index (χ0v) is 14.5. The van der Waals surface area contributed by atoms with Crippen molar-refractivity contribution < 1.29 is 17.6 Å². The zero-order valence-electron chi connectivity index (χ0n) is 13.7. The average molecular weight is 342 g/mol.